The van der Waals surface area contributed by atoms with Crippen LogP contribution in [0.3, 0.4) is 0 Å². The third kappa shape index (κ3) is 6.26. The number of amides is 2. The first kappa shape index (κ1) is 21.2. The van der Waals surface area contributed by atoms with Crippen LogP contribution >= 0.6 is 0 Å². The van der Waals surface area contributed by atoms with Crippen molar-refractivity contribution < 1.29 is 33.4 Å². The third-order valence-electron chi connectivity index (χ3n) is 4.27. The van der Waals surface area contributed by atoms with Gasteiger partial charge in [0.25, 0.3) is 11.8 Å². The molecule has 1 saturated heterocycles. The van der Waals surface area contributed by atoms with Gasteiger partial charge in [-0.05, 0) is 44.0 Å². The van der Waals surface area contributed by atoms with Crippen molar-refractivity contribution in [2.45, 2.75) is 19.8 Å². The van der Waals surface area contributed by atoms with Gasteiger partial charge in [0.2, 0.25) is 0 Å². The molecule has 1 aromatic carbocycles. The van der Waals surface area contributed by atoms with Crippen molar-refractivity contribution in [3.8, 4) is 5.75 Å². The average Bonchev–Trinajstić information content (AvgIpc) is 2.71. The minimum atomic E-state index is -0.642. The van der Waals surface area contributed by atoms with Crippen LogP contribution in [0.25, 0.3) is 0 Å². The molecule has 1 aromatic rings. The van der Waals surface area contributed by atoms with Crippen molar-refractivity contribution in [3.05, 3.63) is 29.8 Å². The van der Waals surface area contributed by atoms with E-state index in [0.717, 1.165) is 0 Å². The molecule has 1 aliphatic heterocycles. The second-order valence-corrected chi connectivity index (χ2v) is 6.26. The Morgan fingerprint density at radius 3 is 2.25 bits per heavy atom. The Bertz CT molecular complexity index is 709. The number of likely N-dealkylation sites (tertiary alicyclic amines) is 1. The molecule has 0 unspecified atom stereocenters. The lowest BCUT2D eigenvalue weighted by Gasteiger charge is -2.30. The summed E-state index contributed by atoms with van der Waals surface area (Å²) < 4.78 is 15.2. The van der Waals surface area contributed by atoms with Crippen LogP contribution in [0.5, 0.6) is 5.75 Å². The van der Waals surface area contributed by atoms with Crippen molar-refractivity contribution in [1.29, 1.82) is 0 Å². The van der Waals surface area contributed by atoms with Gasteiger partial charge in [-0.3, -0.25) is 14.4 Å². The van der Waals surface area contributed by atoms with Crippen LogP contribution in [0.15, 0.2) is 24.3 Å². The predicted octanol–water partition coefficient (Wildman–Crippen LogP) is 0.509. The number of piperidine rings is 1. The van der Waals surface area contributed by atoms with E-state index >= 15 is 0 Å². The van der Waals surface area contributed by atoms with Crippen LogP contribution in [-0.4, -0.2) is 61.6 Å². The quantitative estimate of drug-likeness (QED) is 0.639. The number of carbonyl (C=O) groups is 4. The maximum atomic E-state index is 12.2. The number of hydrogen-bond acceptors (Lipinski definition) is 7. The van der Waals surface area contributed by atoms with E-state index in [0.29, 0.717) is 38.3 Å². The van der Waals surface area contributed by atoms with Crippen molar-refractivity contribution >= 4 is 23.8 Å². The van der Waals surface area contributed by atoms with Gasteiger partial charge in [-0.25, -0.2) is 4.79 Å². The zero-order chi connectivity index (χ0) is 20.5. The van der Waals surface area contributed by atoms with Gasteiger partial charge in [0, 0.05) is 13.1 Å². The van der Waals surface area contributed by atoms with Gasteiger partial charge in [0.15, 0.2) is 13.2 Å². The summed E-state index contributed by atoms with van der Waals surface area (Å²) >= 11 is 0. The standard InChI is InChI=1S/C19H24N2O7/c1-2-26-18(24)14-7-9-21(10-8-14)17(23)12-28-19(25)13-3-5-15(6-4-13)27-11-16(20)22/h3-6,14H,2,7-12H2,1H3,(H2,20,22). The molecule has 1 aliphatic rings. The SMILES string of the molecule is CCOC(=O)C1CCN(C(=O)COC(=O)c2ccc(OCC(N)=O)cc2)CC1. The fraction of sp³-hybridized carbons (Fsp3) is 0.474. The summed E-state index contributed by atoms with van der Waals surface area (Å²) in [6, 6.07) is 5.94. The number of ether oxygens (including phenoxy) is 3. The Hall–Kier alpha value is -3.10. The molecule has 152 valence electrons. The minimum Gasteiger partial charge on any atom is -0.484 e. The molecular weight excluding hydrogens is 368 g/mol. The molecule has 0 spiro atoms. The highest BCUT2D eigenvalue weighted by molar-refractivity contribution is 5.91. The molecule has 1 fully saturated rings. The molecule has 0 bridgehead atoms. The highest BCUT2D eigenvalue weighted by Gasteiger charge is 2.28. The van der Waals surface area contributed by atoms with E-state index in [9.17, 15) is 19.2 Å². The molecule has 0 saturated carbocycles. The number of primary amides is 1. The van der Waals surface area contributed by atoms with E-state index < -0.39 is 11.9 Å². The summed E-state index contributed by atoms with van der Waals surface area (Å²) in [5, 5.41) is 0. The van der Waals surface area contributed by atoms with E-state index in [4.69, 9.17) is 19.9 Å². The molecule has 0 aliphatic carbocycles. The Labute approximate surface area is 162 Å². The Balaban J connectivity index is 1.76. The largest absolute Gasteiger partial charge is 0.484 e. The van der Waals surface area contributed by atoms with E-state index in [1.54, 1.807) is 11.8 Å². The van der Waals surface area contributed by atoms with E-state index in [1.807, 2.05) is 0 Å². The minimum absolute atomic E-state index is 0.193. The normalized spacial score (nSPS) is 14.2. The molecule has 28 heavy (non-hydrogen) atoms. The van der Waals surface area contributed by atoms with E-state index in [2.05, 4.69) is 0 Å². The lowest BCUT2D eigenvalue weighted by molar-refractivity contribution is -0.151. The fourth-order valence-corrected chi connectivity index (χ4v) is 2.77. The second-order valence-electron chi connectivity index (χ2n) is 6.26. The van der Waals surface area contributed by atoms with Gasteiger partial charge in [-0.2, -0.15) is 0 Å². The lowest BCUT2D eigenvalue weighted by atomic mass is 9.97. The van der Waals surface area contributed by atoms with Crippen molar-refractivity contribution in [3.63, 3.8) is 0 Å². The molecular formula is C19H24N2O7. The van der Waals surface area contributed by atoms with Crippen LogP contribution in [0, 0.1) is 5.92 Å². The number of nitrogens with zero attached hydrogens (tertiary/aromatic N) is 1. The smallest absolute Gasteiger partial charge is 0.338 e. The number of benzene rings is 1. The first-order valence-corrected chi connectivity index (χ1v) is 9.03. The lowest BCUT2D eigenvalue weighted by Crippen LogP contribution is -2.42. The van der Waals surface area contributed by atoms with Gasteiger partial charge in [-0.1, -0.05) is 0 Å². The van der Waals surface area contributed by atoms with Crippen LogP contribution in [-0.2, 0) is 23.9 Å². The number of carbonyl (C=O) groups excluding carboxylic acids is 4. The van der Waals surface area contributed by atoms with Gasteiger partial charge in [-0.15, -0.1) is 0 Å². The first-order valence-electron chi connectivity index (χ1n) is 9.03. The van der Waals surface area contributed by atoms with Crippen molar-refractivity contribution in [2.24, 2.45) is 11.7 Å². The topological polar surface area (TPSA) is 125 Å². The zero-order valence-corrected chi connectivity index (χ0v) is 15.7. The fourth-order valence-electron chi connectivity index (χ4n) is 2.77. The monoisotopic (exact) mass is 392 g/mol. The predicted molar refractivity (Wildman–Crippen MR) is 97.4 cm³/mol. The molecule has 1 heterocycles. The molecule has 2 rings (SSSR count). The Morgan fingerprint density at radius 1 is 1.04 bits per heavy atom. The summed E-state index contributed by atoms with van der Waals surface area (Å²) in [6.45, 7) is 2.31. The molecule has 2 N–H and O–H groups in total. The van der Waals surface area contributed by atoms with Crippen LogP contribution in [0.4, 0.5) is 0 Å². The Morgan fingerprint density at radius 2 is 1.68 bits per heavy atom. The summed E-state index contributed by atoms with van der Waals surface area (Å²) in [4.78, 5) is 48.2. The second kappa shape index (κ2) is 10.3. The molecule has 9 heteroatoms. The van der Waals surface area contributed by atoms with Crippen molar-refractivity contribution in [1.82, 2.24) is 4.90 Å². The Kier molecular flexibility index (Phi) is 7.79. The van der Waals surface area contributed by atoms with Crippen molar-refractivity contribution in [2.75, 3.05) is 32.9 Å². The van der Waals surface area contributed by atoms with Gasteiger partial charge in [0.1, 0.15) is 5.75 Å². The van der Waals surface area contributed by atoms with Gasteiger partial charge < -0.3 is 24.8 Å². The summed E-state index contributed by atoms with van der Waals surface area (Å²) in [6.07, 6.45) is 1.07. The van der Waals surface area contributed by atoms with Crippen LogP contribution in [0.2, 0.25) is 0 Å². The summed E-state index contributed by atoms with van der Waals surface area (Å²) in [5.74, 6) is -1.59. The molecule has 2 amide bonds. The first-order chi connectivity index (χ1) is 13.4. The maximum Gasteiger partial charge on any atom is 0.338 e. The molecule has 9 nitrogen and oxygen atoms in total. The average molecular weight is 392 g/mol. The zero-order valence-electron chi connectivity index (χ0n) is 15.7. The van der Waals surface area contributed by atoms with Gasteiger partial charge in [0.05, 0.1) is 18.1 Å². The number of nitrogens with two attached hydrogens (primary N) is 1. The maximum absolute atomic E-state index is 12.2. The van der Waals surface area contributed by atoms with E-state index in [-0.39, 0.29) is 36.6 Å². The van der Waals surface area contributed by atoms with Gasteiger partial charge >= 0.3 is 11.9 Å². The number of rotatable bonds is 8. The highest BCUT2D eigenvalue weighted by Crippen LogP contribution is 2.19. The summed E-state index contributed by atoms with van der Waals surface area (Å²) in [5.41, 5.74) is 5.24. The van der Waals surface area contributed by atoms with Crippen LogP contribution in [0.1, 0.15) is 30.1 Å². The molecule has 0 radical (unpaired) electrons. The molecule has 0 aromatic heterocycles. The van der Waals surface area contributed by atoms with Crippen LogP contribution < -0.4 is 10.5 Å². The number of hydrogen-bond donors (Lipinski definition) is 1. The number of esters is 2. The summed E-state index contributed by atoms with van der Waals surface area (Å²) in [7, 11) is 0. The van der Waals surface area contributed by atoms with E-state index in [1.165, 1.54) is 24.3 Å². The molecule has 0 atom stereocenters. The highest BCUT2D eigenvalue weighted by atomic mass is 16.5. The third-order valence-corrected chi connectivity index (χ3v) is 4.27.